The summed E-state index contributed by atoms with van der Waals surface area (Å²) in [5, 5.41) is 7.26. The molecule has 35 heavy (non-hydrogen) atoms. The molecule has 0 radical (unpaired) electrons. The molecule has 3 aromatic rings. The molecule has 16 heteroatoms. The monoisotopic (exact) mass is 528 g/mol. The van der Waals surface area contributed by atoms with Gasteiger partial charge < -0.3 is 18.9 Å². The van der Waals surface area contributed by atoms with Crippen LogP contribution in [0.1, 0.15) is 31.6 Å². The number of anilines is 1. The molecule has 2 unspecified atom stereocenters. The molecule has 0 bridgehead atoms. The first-order valence-corrected chi connectivity index (χ1v) is 12.2. The maximum atomic E-state index is 13.4. The number of hydrogen-bond acceptors (Lipinski definition) is 12. The van der Waals surface area contributed by atoms with Crippen LogP contribution in [0.25, 0.3) is 5.69 Å². The van der Waals surface area contributed by atoms with E-state index in [0.717, 1.165) is 0 Å². The van der Waals surface area contributed by atoms with E-state index < -0.39 is 21.4 Å². The van der Waals surface area contributed by atoms with Crippen molar-refractivity contribution in [3.05, 3.63) is 35.4 Å². The number of nitrogens with one attached hydrogen (secondary N) is 1. The number of sulfonamides is 1. The Balaban J connectivity index is 2.06. The van der Waals surface area contributed by atoms with Gasteiger partial charge in [0.05, 0.1) is 19.2 Å². The van der Waals surface area contributed by atoms with Gasteiger partial charge in [0.15, 0.2) is 17.3 Å². The highest BCUT2D eigenvalue weighted by Gasteiger charge is 2.35. The molecule has 3 aromatic heterocycles. The highest BCUT2D eigenvalue weighted by molar-refractivity contribution is 7.93. The van der Waals surface area contributed by atoms with Gasteiger partial charge in [-0.2, -0.15) is 9.97 Å². The predicted molar refractivity (Wildman–Crippen MR) is 124 cm³/mol. The van der Waals surface area contributed by atoms with Gasteiger partial charge >= 0.3 is 0 Å². The maximum absolute atomic E-state index is 13.4. The molecule has 0 spiro atoms. The zero-order chi connectivity index (χ0) is 25.6. The first-order chi connectivity index (χ1) is 16.8. The Morgan fingerprint density at radius 2 is 1.69 bits per heavy atom. The normalized spacial score (nSPS) is 13.3. The molecule has 0 fully saturated rings. The summed E-state index contributed by atoms with van der Waals surface area (Å²) < 4.78 is 52.2. The average Bonchev–Trinajstić information content (AvgIpc) is 3.24. The first kappa shape index (κ1) is 26.5. The van der Waals surface area contributed by atoms with Crippen LogP contribution in [-0.4, -0.2) is 76.3 Å². The van der Waals surface area contributed by atoms with Crippen molar-refractivity contribution in [2.45, 2.75) is 31.8 Å². The topological polar surface area (TPSA) is 165 Å². The molecule has 0 aliphatic carbocycles. The SMILES string of the molecule is CCOCc1nnc(NS(=O)(=O)C(C)C(OC)c2ncc(Cl)cn2)n1-c1c(OC)ncnc1OC. The van der Waals surface area contributed by atoms with Gasteiger partial charge in [0.1, 0.15) is 24.3 Å². The van der Waals surface area contributed by atoms with Crippen molar-refractivity contribution in [1.29, 1.82) is 0 Å². The van der Waals surface area contributed by atoms with Crippen LogP contribution in [-0.2, 0) is 26.1 Å². The lowest BCUT2D eigenvalue weighted by molar-refractivity contribution is 0.0950. The number of hydrogen-bond donors (Lipinski definition) is 1. The molecule has 0 aliphatic rings. The van der Waals surface area contributed by atoms with E-state index in [2.05, 4.69) is 34.9 Å². The zero-order valence-corrected chi connectivity index (χ0v) is 21.2. The number of aromatic nitrogens is 7. The van der Waals surface area contributed by atoms with E-state index in [4.69, 9.17) is 30.5 Å². The van der Waals surface area contributed by atoms with Gasteiger partial charge in [-0.1, -0.05) is 11.6 Å². The average molecular weight is 529 g/mol. The minimum absolute atomic E-state index is 0.0152. The van der Waals surface area contributed by atoms with Crippen molar-refractivity contribution in [2.75, 3.05) is 32.7 Å². The fourth-order valence-corrected chi connectivity index (χ4v) is 4.33. The quantitative estimate of drug-likeness (QED) is 0.361. The molecule has 0 aromatic carbocycles. The lowest BCUT2D eigenvalue weighted by Crippen LogP contribution is -2.33. The van der Waals surface area contributed by atoms with Crippen LogP contribution in [0.5, 0.6) is 11.8 Å². The fourth-order valence-electron chi connectivity index (χ4n) is 3.10. The minimum Gasteiger partial charge on any atom is -0.479 e. The Bertz CT molecular complexity index is 1220. The number of rotatable bonds is 12. The van der Waals surface area contributed by atoms with E-state index in [9.17, 15) is 8.42 Å². The van der Waals surface area contributed by atoms with Crippen LogP contribution < -0.4 is 14.2 Å². The van der Waals surface area contributed by atoms with Crippen LogP contribution in [0.15, 0.2) is 18.7 Å². The van der Waals surface area contributed by atoms with Gasteiger partial charge in [-0.15, -0.1) is 10.2 Å². The molecule has 0 saturated carbocycles. The number of ether oxygens (including phenoxy) is 4. The van der Waals surface area contributed by atoms with Gasteiger partial charge in [-0.05, 0) is 13.8 Å². The highest BCUT2D eigenvalue weighted by Crippen LogP contribution is 2.33. The van der Waals surface area contributed by atoms with Gasteiger partial charge in [0.2, 0.25) is 27.7 Å². The molecule has 14 nitrogen and oxygen atoms in total. The van der Waals surface area contributed by atoms with Crippen molar-refractivity contribution in [1.82, 2.24) is 34.7 Å². The standard InChI is InChI=1S/C19H25ClN8O6S/c1-6-34-9-13-25-26-19(28(13)14-17(32-4)23-10-24-18(14)33-5)27-35(29,30)11(2)15(31-3)16-21-7-12(20)8-22-16/h7-8,10-11,15H,6,9H2,1-5H3,(H,26,27). The third-order valence-corrected chi connectivity index (χ3v) is 6.72. The summed E-state index contributed by atoms with van der Waals surface area (Å²) in [5.41, 5.74) is 0.187. The second kappa shape index (κ2) is 11.5. The Kier molecular flexibility index (Phi) is 8.71. The van der Waals surface area contributed by atoms with Crippen molar-refractivity contribution in [3.63, 3.8) is 0 Å². The summed E-state index contributed by atoms with van der Waals surface area (Å²) in [6.45, 7) is 3.66. The Hall–Kier alpha value is -3.14. The molecule has 3 rings (SSSR count). The van der Waals surface area contributed by atoms with Crippen molar-refractivity contribution in [3.8, 4) is 17.4 Å². The molecule has 3 heterocycles. The minimum atomic E-state index is -4.13. The van der Waals surface area contributed by atoms with E-state index in [1.807, 2.05) is 6.92 Å². The third kappa shape index (κ3) is 5.75. The van der Waals surface area contributed by atoms with Crippen LogP contribution in [0.4, 0.5) is 5.95 Å². The van der Waals surface area contributed by atoms with Gasteiger partial charge in [-0.25, -0.2) is 18.4 Å². The second-order valence-corrected chi connectivity index (χ2v) is 9.40. The fraction of sp³-hybridized carbons (Fsp3) is 0.474. The third-order valence-electron chi connectivity index (χ3n) is 4.83. The number of halogens is 1. The van der Waals surface area contributed by atoms with Crippen molar-refractivity contribution >= 4 is 27.6 Å². The molecule has 0 saturated heterocycles. The number of methoxy groups -OCH3 is 3. The van der Waals surface area contributed by atoms with Gasteiger partial charge in [0.25, 0.3) is 0 Å². The lowest BCUT2D eigenvalue weighted by Gasteiger charge is -2.22. The summed E-state index contributed by atoms with van der Waals surface area (Å²) in [7, 11) is 0.0249. The van der Waals surface area contributed by atoms with Gasteiger partial charge in [0, 0.05) is 26.1 Å². The largest absolute Gasteiger partial charge is 0.479 e. The van der Waals surface area contributed by atoms with Crippen molar-refractivity contribution in [2.24, 2.45) is 0 Å². The Morgan fingerprint density at radius 1 is 1.06 bits per heavy atom. The van der Waals surface area contributed by atoms with Crippen molar-refractivity contribution < 1.29 is 27.4 Å². The molecule has 2 atom stereocenters. The summed E-state index contributed by atoms with van der Waals surface area (Å²) in [5.74, 6) is 0.449. The zero-order valence-electron chi connectivity index (χ0n) is 19.7. The molecule has 0 aliphatic heterocycles. The molecule has 0 amide bonds. The summed E-state index contributed by atoms with van der Waals surface area (Å²) in [6, 6.07) is 0. The van der Waals surface area contributed by atoms with E-state index in [1.165, 1.54) is 51.5 Å². The predicted octanol–water partition coefficient (Wildman–Crippen LogP) is 1.57. The molecule has 190 valence electrons. The van der Waals surface area contributed by atoms with Crippen LogP contribution >= 0.6 is 11.6 Å². The Morgan fingerprint density at radius 3 is 2.23 bits per heavy atom. The summed E-state index contributed by atoms with van der Waals surface area (Å²) >= 11 is 5.84. The molecular formula is C19H25ClN8O6S. The van der Waals surface area contributed by atoms with E-state index in [0.29, 0.717) is 11.6 Å². The van der Waals surface area contributed by atoms with Crippen LogP contribution in [0, 0.1) is 0 Å². The van der Waals surface area contributed by atoms with Crippen LogP contribution in [0.2, 0.25) is 5.02 Å². The van der Waals surface area contributed by atoms with Crippen LogP contribution in [0.3, 0.4) is 0 Å². The molecular weight excluding hydrogens is 504 g/mol. The van der Waals surface area contributed by atoms with E-state index in [1.54, 1.807) is 0 Å². The second-order valence-electron chi connectivity index (χ2n) is 6.92. The Labute approximate surface area is 207 Å². The van der Waals surface area contributed by atoms with E-state index in [-0.39, 0.29) is 41.7 Å². The van der Waals surface area contributed by atoms with E-state index >= 15 is 0 Å². The summed E-state index contributed by atoms with van der Waals surface area (Å²) in [6.07, 6.45) is 2.95. The molecule has 1 N–H and O–H groups in total. The highest BCUT2D eigenvalue weighted by atomic mass is 35.5. The first-order valence-electron chi connectivity index (χ1n) is 10.2. The lowest BCUT2D eigenvalue weighted by atomic mass is 10.2. The smallest absolute Gasteiger partial charge is 0.245 e. The summed E-state index contributed by atoms with van der Waals surface area (Å²) in [4.78, 5) is 16.3. The number of nitrogens with zero attached hydrogens (tertiary/aromatic N) is 7. The van der Waals surface area contributed by atoms with Gasteiger partial charge in [-0.3, -0.25) is 9.29 Å². The maximum Gasteiger partial charge on any atom is 0.245 e.